The Bertz CT molecular complexity index is 1990. The zero-order valence-electron chi connectivity index (χ0n) is 27.2. The number of aromatic hydroxyl groups is 2. The van der Waals surface area contributed by atoms with E-state index in [9.17, 15) is 30.0 Å². The number of hydrogen-bond donors (Lipinski definition) is 4. The predicted octanol–water partition coefficient (Wildman–Crippen LogP) is 4.70. The summed E-state index contributed by atoms with van der Waals surface area (Å²) in [5, 5.41) is 41.8. The number of ether oxygens (including phenoxy) is 7. The number of fused-ring (bicyclic) bond motifs is 3. The fraction of sp³-hybridized carbons (Fsp3) is 0.297. The first kappa shape index (κ1) is 32.9. The largest absolute Gasteiger partial charge is 0.507 e. The molecule has 0 fully saturated rings. The quantitative estimate of drug-likeness (QED) is 0.148. The van der Waals surface area contributed by atoms with Crippen molar-refractivity contribution in [3.63, 3.8) is 0 Å². The van der Waals surface area contributed by atoms with Gasteiger partial charge in [0.05, 0.1) is 13.7 Å². The van der Waals surface area contributed by atoms with Gasteiger partial charge in [0.1, 0.15) is 22.8 Å². The van der Waals surface area contributed by atoms with Crippen LogP contribution in [0.3, 0.4) is 0 Å². The van der Waals surface area contributed by atoms with Crippen LogP contribution in [0, 0.1) is 0 Å². The SMILES string of the molecule is COc1cc(C2Oc3cc([C@H]4Oc5cc(OC(=O)CCc6ccc7c(c6)OC(C)(C)O7)cc(O)c5C(=O)[C@@H]4O)ccc3OC2CO)ccc1O. The minimum Gasteiger partial charge on any atom is -0.507 e. The number of esters is 1. The van der Waals surface area contributed by atoms with Crippen LogP contribution in [0.5, 0.6) is 51.7 Å². The number of aliphatic hydroxyl groups is 2. The van der Waals surface area contributed by atoms with Crippen molar-refractivity contribution in [3.05, 3.63) is 89.0 Å². The lowest BCUT2D eigenvalue weighted by molar-refractivity contribution is -0.134. The minimum absolute atomic E-state index is 0.00820. The number of Topliss-reactive ketones (excluding diaryl/α,β-unsaturated/α-hetero) is 1. The van der Waals surface area contributed by atoms with Crippen LogP contribution < -0.4 is 33.2 Å². The molecule has 3 heterocycles. The molecule has 0 radical (unpaired) electrons. The van der Waals surface area contributed by atoms with E-state index in [1.165, 1.54) is 19.2 Å². The van der Waals surface area contributed by atoms with Crippen LogP contribution in [0.15, 0.2) is 66.7 Å². The number of aliphatic hydroxyl groups excluding tert-OH is 2. The van der Waals surface area contributed by atoms with Gasteiger partial charge in [0, 0.05) is 38.0 Å². The van der Waals surface area contributed by atoms with E-state index in [1.54, 1.807) is 56.3 Å². The lowest BCUT2D eigenvalue weighted by Gasteiger charge is -2.35. The molecule has 4 N–H and O–H groups in total. The maximum Gasteiger partial charge on any atom is 0.311 e. The number of rotatable bonds is 8. The first-order valence-corrected chi connectivity index (χ1v) is 15.9. The molecular formula is C37H34O13. The number of hydrogen-bond acceptors (Lipinski definition) is 13. The smallest absolute Gasteiger partial charge is 0.311 e. The summed E-state index contributed by atoms with van der Waals surface area (Å²) in [5.74, 6) is -0.906. The highest BCUT2D eigenvalue weighted by Crippen LogP contribution is 2.46. The van der Waals surface area contributed by atoms with Gasteiger partial charge >= 0.3 is 5.97 Å². The molecule has 50 heavy (non-hydrogen) atoms. The second kappa shape index (κ2) is 12.7. The number of ketones is 1. The third-order valence-corrected chi connectivity index (χ3v) is 8.56. The second-order valence-corrected chi connectivity index (χ2v) is 12.5. The zero-order valence-corrected chi connectivity index (χ0v) is 27.2. The van der Waals surface area contributed by atoms with Crippen molar-refractivity contribution in [1.82, 2.24) is 0 Å². The van der Waals surface area contributed by atoms with Gasteiger partial charge in [0.25, 0.3) is 0 Å². The van der Waals surface area contributed by atoms with Gasteiger partial charge in [0.2, 0.25) is 11.6 Å². The predicted molar refractivity (Wildman–Crippen MR) is 174 cm³/mol. The van der Waals surface area contributed by atoms with Crippen LogP contribution in [0.2, 0.25) is 0 Å². The van der Waals surface area contributed by atoms with Crippen LogP contribution >= 0.6 is 0 Å². The van der Waals surface area contributed by atoms with Crippen LogP contribution in [0.25, 0.3) is 0 Å². The fourth-order valence-electron chi connectivity index (χ4n) is 6.18. The van der Waals surface area contributed by atoms with E-state index in [2.05, 4.69) is 0 Å². The fourth-order valence-corrected chi connectivity index (χ4v) is 6.18. The van der Waals surface area contributed by atoms with Gasteiger partial charge in [-0.05, 0) is 53.9 Å². The molecule has 7 rings (SSSR count). The number of carbonyl (C=O) groups excluding carboxylic acids is 2. The minimum atomic E-state index is -1.70. The molecule has 4 atom stereocenters. The lowest BCUT2D eigenvalue weighted by Crippen LogP contribution is -2.37. The van der Waals surface area contributed by atoms with Gasteiger partial charge in [-0.1, -0.05) is 18.2 Å². The first-order valence-electron chi connectivity index (χ1n) is 15.9. The van der Waals surface area contributed by atoms with Gasteiger partial charge in [-0.3, -0.25) is 9.59 Å². The summed E-state index contributed by atoms with van der Waals surface area (Å²) >= 11 is 0. The van der Waals surface area contributed by atoms with E-state index in [0.717, 1.165) is 11.6 Å². The zero-order chi connectivity index (χ0) is 35.3. The Morgan fingerprint density at radius 2 is 1.52 bits per heavy atom. The van der Waals surface area contributed by atoms with Crippen molar-refractivity contribution in [2.75, 3.05) is 13.7 Å². The van der Waals surface area contributed by atoms with Gasteiger partial charge in [0.15, 0.2) is 58.9 Å². The summed E-state index contributed by atoms with van der Waals surface area (Å²) in [5.41, 5.74) is 1.49. The van der Waals surface area contributed by atoms with Crippen molar-refractivity contribution >= 4 is 11.8 Å². The summed E-state index contributed by atoms with van der Waals surface area (Å²) in [4.78, 5) is 26.1. The Kier molecular flexibility index (Phi) is 8.32. The molecule has 0 amide bonds. The molecule has 3 aliphatic heterocycles. The van der Waals surface area contributed by atoms with Crippen molar-refractivity contribution in [3.8, 4) is 51.7 Å². The van der Waals surface area contributed by atoms with E-state index in [-0.39, 0.29) is 47.3 Å². The highest BCUT2D eigenvalue weighted by molar-refractivity contribution is 6.05. The molecule has 0 saturated heterocycles. The van der Waals surface area contributed by atoms with Crippen molar-refractivity contribution in [2.45, 2.75) is 56.9 Å². The molecule has 13 heteroatoms. The van der Waals surface area contributed by atoms with E-state index >= 15 is 0 Å². The Labute approximate surface area is 286 Å². The average molecular weight is 687 g/mol. The molecule has 0 aromatic heterocycles. The molecule has 0 aliphatic carbocycles. The number of methoxy groups -OCH3 is 1. The maximum atomic E-state index is 13.3. The summed E-state index contributed by atoms with van der Waals surface area (Å²) in [6.07, 6.45) is -4.16. The van der Waals surface area contributed by atoms with Gasteiger partial charge in [-0.15, -0.1) is 0 Å². The highest BCUT2D eigenvalue weighted by Gasteiger charge is 2.41. The average Bonchev–Trinajstić information content (AvgIpc) is 3.41. The molecule has 2 unspecified atom stereocenters. The standard InChI is InChI=1S/C37H34O13/c1-37(2)49-25-9-4-18(12-28(25)50-37)5-11-31(41)45-21-15-23(40)32-29(16-21)48-36(34(43)33(32)42)20-7-10-24-27(14-20)47-35(30(17-38)46-24)19-6-8-22(39)26(13-19)44-3/h4,6-10,12-16,30,34-36,38-40,43H,5,11,17H2,1-3H3/t30?,34-,35?,36+/m0/s1. The van der Waals surface area contributed by atoms with Crippen LogP contribution in [-0.2, 0) is 11.2 Å². The lowest BCUT2D eigenvalue weighted by atomic mass is 9.92. The summed E-state index contributed by atoms with van der Waals surface area (Å²) in [6.45, 7) is 3.23. The number of phenols is 2. The summed E-state index contributed by atoms with van der Waals surface area (Å²) < 4.78 is 40.5. The Balaban J connectivity index is 1.08. The van der Waals surface area contributed by atoms with E-state index in [0.29, 0.717) is 34.8 Å². The first-order chi connectivity index (χ1) is 23.9. The summed E-state index contributed by atoms with van der Waals surface area (Å²) in [7, 11) is 1.41. The molecule has 0 spiro atoms. The topological polar surface area (TPSA) is 180 Å². The maximum absolute atomic E-state index is 13.3. The van der Waals surface area contributed by atoms with Crippen molar-refractivity contribution in [1.29, 1.82) is 0 Å². The van der Waals surface area contributed by atoms with Gasteiger partial charge in [-0.25, -0.2) is 0 Å². The van der Waals surface area contributed by atoms with Gasteiger partial charge in [-0.2, -0.15) is 0 Å². The van der Waals surface area contributed by atoms with Crippen molar-refractivity contribution in [2.24, 2.45) is 0 Å². The summed E-state index contributed by atoms with van der Waals surface area (Å²) in [6, 6.07) is 17.2. The Morgan fingerprint density at radius 1 is 0.800 bits per heavy atom. The molecular weight excluding hydrogens is 652 g/mol. The highest BCUT2D eigenvalue weighted by atomic mass is 16.7. The Morgan fingerprint density at radius 3 is 2.30 bits per heavy atom. The third kappa shape index (κ3) is 6.16. The molecule has 260 valence electrons. The number of aryl methyl sites for hydroxylation is 1. The number of carbonyl (C=O) groups is 2. The molecule has 3 aliphatic rings. The van der Waals surface area contributed by atoms with E-state index in [1.807, 2.05) is 6.07 Å². The molecule has 0 saturated carbocycles. The third-order valence-electron chi connectivity index (χ3n) is 8.56. The molecule has 13 nitrogen and oxygen atoms in total. The van der Waals surface area contributed by atoms with E-state index < -0.39 is 47.7 Å². The number of benzene rings is 4. The molecule has 0 bridgehead atoms. The molecule has 4 aromatic carbocycles. The second-order valence-electron chi connectivity index (χ2n) is 12.5. The van der Waals surface area contributed by atoms with Crippen LogP contribution in [-0.4, -0.2) is 63.9 Å². The van der Waals surface area contributed by atoms with Gasteiger partial charge < -0.3 is 53.6 Å². The van der Waals surface area contributed by atoms with Crippen molar-refractivity contribution < 1.29 is 63.2 Å². The van der Waals surface area contributed by atoms with E-state index in [4.69, 9.17) is 33.2 Å². The van der Waals surface area contributed by atoms with Crippen LogP contribution in [0.4, 0.5) is 0 Å². The Hall–Kier alpha value is -5.66. The van der Waals surface area contributed by atoms with Crippen LogP contribution in [0.1, 0.15) is 59.5 Å². The molecule has 4 aromatic rings. The monoisotopic (exact) mass is 686 g/mol. The normalized spacial score (nSPS) is 21.2. The number of phenolic OH excluding ortho intramolecular Hbond substituents is 2.